The van der Waals surface area contributed by atoms with Gasteiger partial charge in [0.05, 0.1) is 31.5 Å². The summed E-state index contributed by atoms with van der Waals surface area (Å²) in [6.07, 6.45) is 2.30. The Kier molecular flexibility index (Phi) is 4.17. The molecule has 0 spiro atoms. The lowest BCUT2D eigenvalue weighted by molar-refractivity contribution is 0.0979. The van der Waals surface area contributed by atoms with Crippen LogP contribution in [0.15, 0.2) is 54.7 Å². The molecule has 27 heavy (non-hydrogen) atoms. The number of nitriles is 1. The number of aromatic nitrogens is 1. The number of Topliss-reactive ketones (excluding diaryl/α,β-unsaturated/α-hetero) is 1. The van der Waals surface area contributed by atoms with E-state index in [1.54, 1.807) is 32.4 Å². The third-order valence-corrected chi connectivity index (χ3v) is 5.03. The van der Waals surface area contributed by atoms with Crippen LogP contribution in [0.1, 0.15) is 39.5 Å². The van der Waals surface area contributed by atoms with Crippen LogP contribution in [0.25, 0.3) is 5.69 Å². The van der Waals surface area contributed by atoms with E-state index in [0.717, 1.165) is 16.9 Å². The first-order valence-electron chi connectivity index (χ1n) is 8.63. The van der Waals surface area contributed by atoms with Gasteiger partial charge in [-0.3, -0.25) is 4.79 Å². The molecule has 0 radical (unpaired) electrons. The van der Waals surface area contributed by atoms with Gasteiger partial charge in [-0.15, -0.1) is 0 Å². The van der Waals surface area contributed by atoms with E-state index in [1.165, 1.54) is 0 Å². The van der Waals surface area contributed by atoms with Crippen molar-refractivity contribution < 1.29 is 14.3 Å². The van der Waals surface area contributed by atoms with Crippen LogP contribution in [-0.4, -0.2) is 24.6 Å². The Labute approximate surface area is 157 Å². The lowest BCUT2D eigenvalue weighted by Gasteiger charge is -2.17. The molecule has 5 nitrogen and oxygen atoms in total. The Balaban J connectivity index is 1.89. The number of hydrogen-bond acceptors (Lipinski definition) is 4. The van der Waals surface area contributed by atoms with Crippen molar-refractivity contribution in [1.29, 1.82) is 5.26 Å². The second-order valence-corrected chi connectivity index (χ2v) is 6.44. The third kappa shape index (κ3) is 2.76. The molecule has 0 amide bonds. The van der Waals surface area contributed by atoms with E-state index >= 15 is 0 Å². The summed E-state index contributed by atoms with van der Waals surface area (Å²) in [4.78, 5) is 13.1. The molecule has 0 aliphatic carbocycles. The largest absolute Gasteiger partial charge is 0.493 e. The van der Waals surface area contributed by atoms with Crippen molar-refractivity contribution in [2.45, 2.75) is 12.3 Å². The Bertz CT molecular complexity index is 1060. The lowest BCUT2D eigenvalue weighted by atomic mass is 9.89. The Morgan fingerprint density at radius 2 is 1.78 bits per heavy atom. The van der Waals surface area contributed by atoms with Gasteiger partial charge in [-0.2, -0.15) is 5.26 Å². The molecular formula is C22H18N2O3. The van der Waals surface area contributed by atoms with Crippen LogP contribution in [0.2, 0.25) is 0 Å². The minimum absolute atomic E-state index is 0.0454. The summed E-state index contributed by atoms with van der Waals surface area (Å²) in [5.74, 6) is 1.07. The number of carbonyl (C=O) groups excluding carboxylic acids is 1. The average molecular weight is 358 g/mol. The molecule has 1 aliphatic heterocycles. The SMILES string of the molecule is COc1cc2c(cc1OC)-n1cccc1[C@@H](c1ccc(C#N)cc1)CC2=O. The first kappa shape index (κ1) is 16.9. The van der Waals surface area contributed by atoms with Crippen molar-refractivity contribution in [3.63, 3.8) is 0 Å². The monoisotopic (exact) mass is 358 g/mol. The predicted molar refractivity (Wildman–Crippen MR) is 101 cm³/mol. The number of ether oxygens (including phenoxy) is 2. The Morgan fingerprint density at radius 3 is 2.44 bits per heavy atom. The van der Waals surface area contributed by atoms with Crippen LogP contribution in [0.3, 0.4) is 0 Å². The molecule has 0 saturated heterocycles. The first-order valence-corrected chi connectivity index (χ1v) is 8.63. The molecule has 1 aromatic heterocycles. The maximum atomic E-state index is 13.1. The van der Waals surface area contributed by atoms with Crippen LogP contribution < -0.4 is 9.47 Å². The molecule has 4 rings (SSSR count). The van der Waals surface area contributed by atoms with Crippen LogP contribution >= 0.6 is 0 Å². The zero-order valence-corrected chi connectivity index (χ0v) is 15.1. The minimum atomic E-state index is -0.0929. The van der Waals surface area contributed by atoms with Gasteiger partial charge < -0.3 is 14.0 Å². The molecule has 0 N–H and O–H groups in total. The zero-order chi connectivity index (χ0) is 19.0. The van der Waals surface area contributed by atoms with Crippen LogP contribution in [0.5, 0.6) is 11.5 Å². The van der Waals surface area contributed by atoms with Crippen molar-refractivity contribution in [3.8, 4) is 23.3 Å². The molecule has 1 atom stereocenters. The number of ketones is 1. The molecule has 5 heteroatoms. The fraction of sp³-hybridized carbons (Fsp3) is 0.182. The van der Waals surface area contributed by atoms with Gasteiger partial charge in [0.1, 0.15) is 0 Å². The summed E-state index contributed by atoms with van der Waals surface area (Å²) >= 11 is 0. The highest BCUT2D eigenvalue weighted by Gasteiger charge is 2.29. The number of hydrogen-bond donors (Lipinski definition) is 0. The van der Waals surface area contributed by atoms with E-state index in [2.05, 4.69) is 6.07 Å². The molecule has 0 bridgehead atoms. The maximum Gasteiger partial charge on any atom is 0.166 e. The van der Waals surface area contributed by atoms with E-state index in [4.69, 9.17) is 14.7 Å². The number of fused-ring (bicyclic) bond motifs is 3. The quantitative estimate of drug-likeness (QED) is 0.707. The second kappa shape index (κ2) is 6.65. The summed E-state index contributed by atoms with van der Waals surface area (Å²) in [5, 5.41) is 9.04. The van der Waals surface area contributed by atoms with Crippen molar-refractivity contribution in [1.82, 2.24) is 4.57 Å². The normalized spacial score (nSPS) is 15.3. The van der Waals surface area contributed by atoms with E-state index in [-0.39, 0.29) is 11.7 Å². The topological polar surface area (TPSA) is 64.2 Å². The molecule has 3 aromatic rings. The van der Waals surface area contributed by atoms with Gasteiger partial charge in [0.2, 0.25) is 0 Å². The fourth-order valence-electron chi connectivity index (χ4n) is 3.67. The molecule has 0 saturated carbocycles. The highest BCUT2D eigenvalue weighted by Crippen LogP contribution is 2.40. The number of carbonyl (C=O) groups is 1. The molecule has 2 heterocycles. The standard InChI is InChI=1S/C22H18N2O3/c1-26-21-11-17-19(12-22(21)27-2)24-9-3-4-18(24)16(10-20(17)25)15-7-5-14(13-23)6-8-15/h3-9,11-12,16H,10H2,1-2H3/t16-/m1/s1. The maximum absolute atomic E-state index is 13.1. The van der Waals surface area contributed by atoms with E-state index in [9.17, 15) is 4.79 Å². The Hall–Kier alpha value is -3.52. The molecule has 0 unspecified atom stereocenters. The van der Waals surface area contributed by atoms with E-state index < -0.39 is 0 Å². The van der Waals surface area contributed by atoms with Crippen LogP contribution in [-0.2, 0) is 0 Å². The number of benzene rings is 2. The summed E-state index contributed by atoms with van der Waals surface area (Å²) < 4.78 is 12.8. The van der Waals surface area contributed by atoms with Gasteiger partial charge >= 0.3 is 0 Å². The van der Waals surface area contributed by atoms with E-state index in [0.29, 0.717) is 29.0 Å². The average Bonchev–Trinajstić information content (AvgIpc) is 3.16. The van der Waals surface area contributed by atoms with Crippen LogP contribution in [0.4, 0.5) is 0 Å². The van der Waals surface area contributed by atoms with Crippen molar-refractivity contribution in [3.05, 3.63) is 77.1 Å². The predicted octanol–water partition coefficient (Wildman–Crippen LogP) is 4.08. The van der Waals surface area contributed by atoms with Crippen molar-refractivity contribution in [2.75, 3.05) is 14.2 Å². The molecule has 134 valence electrons. The van der Waals surface area contributed by atoms with Gasteiger partial charge in [0.25, 0.3) is 0 Å². The van der Waals surface area contributed by atoms with Crippen molar-refractivity contribution in [2.24, 2.45) is 0 Å². The zero-order valence-electron chi connectivity index (χ0n) is 15.1. The van der Waals surface area contributed by atoms with E-state index in [1.807, 2.05) is 41.1 Å². The third-order valence-electron chi connectivity index (χ3n) is 5.03. The summed E-state index contributed by atoms with van der Waals surface area (Å²) in [6, 6.07) is 17.2. The highest BCUT2D eigenvalue weighted by molar-refractivity contribution is 6.01. The number of nitrogens with zero attached hydrogens (tertiary/aromatic N) is 2. The smallest absolute Gasteiger partial charge is 0.166 e. The Morgan fingerprint density at radius 1 is 1.07 bits per heavy atom. The molecule has 1 aliphatic rings. The van der Waals surface area contributed by atoms with Gasteiger partial charge in [0, 0.05) is 35.9 Å². The van der Waals surface area contributed by atoms with Gasteiger partial charge in [-0.1, -0.05) is 12.1 Å². The molecule has 0 fully saturated rings. The summed E-state index contributed by atoms with van der Waals surface area (Å²) in [6.45, 7) is 0. The summed E-state index contributed by atoms with van der Waals surface area (Å²) in [5.41, 5.74) is 4.04. The number of rotatable bonds is 3. The fourth-order valence-corrected chi connectivity index (χ4v) is 3.67. The van der Waals surface area contributed by atoms with Crippen molar-refractivity contribution >= 4 is 5.78 Å². The lowest BCUT2D eigenvalue weighted by Crippen LogP contribution is -2.07. The molecule has 2 aromatic carbocycles. The summed E-state index contributed by atoms with van der Waals surface area (Å²) in [7, 11) is 3.14. The first-order chi connectivity index (χ1) is 13.2. The highest BCUT2D eigenvalue weighted by atomic mass is 16.5. The molecular weight excluding hydrogens is 340 g/mol. The van der Waals surface area contributed by atoms with Gasteiger partial charge in [-0.25, -0.2) is 0 Å². The van der Waals surface area contributed by atoms with Crippen LogP contribution in [0, 0.1) is 11.3 Å². The minimum Gasteiger partial charge on any atom is -0.493 e. The van der Waals surface area contributed by atoms with Gasteiger partial charge in [-0.05, 0) is 35.9 Å². The van der Waals surface area contributed by atoms with Gasteiger partial charge in [0.15, 0.2) is 17.3 Å². The number of methoxy groups -OCH3 is 2. The second-order valence-electron chi connectivity index (χ2n) is 6.44.